The number of rotatable bonds is 26. The Morgan fingerprint density at radius 2 is 1.03 bits per heavy atom. The van der Waals surface area contributed by atoms with Gasteiger partial charge in [-0.2, -0.15) is 0 Å². The summed E-state index contributed by atoms with van der Waals surface area (Å²) >= 11 is 0. The molecular formula is C36H63N2+. The number of hydrogen-bond donors (Lipinski definition) is 0. The number of aryl methyl sites for hydroxylation is 3. The summed E-state index contributed by atoms with van der Waals surface area (Å²) in [6.07, 6.45) is 36.7. The summed E-state index contributed by atoms with van der Waals surface area (Å²) in [7, 11) is 0. The molecule has 2 rings (SSSR count). The molecule has 1 aromatic heterocycles. The molecule has 0 aliphatic heterocycles. The molecule has 0 fully saturated rings. The van der Waals surface area contributed by atoms with Crippen LogP contribution in [-0.2, 0) is 25.9 Å². The van der Waals surface area contributed by atoms with Gasteiger partial charge in [0.2, 0.25) is 0 Å². The number of hydrogen-bond acceptors (Lipinski definition) is 0. The summed E-state index contributed by atoms with van der Waals surface area (Å²) in [6, 6.07) is 11.0. The third kappa shape index (κ3) is 15.7. The first-order valence-corrected chi connectivity index (χ1v) is 17.0. The molecule has 0 bridgehead atoms. The highest BCUT2D eigenvalue weighted by Crippen LogP contribution is 2.14. The van der Waals surface area contributed by atoms with E-state index in [9.17, 15) is 0 Å². The lowest BCUT2D eigenvalue weighted by Gasteiger charge is -2.07. The summed E-state index contributed by atoms with van der Waals surface area (Å²) in [5, 5.41) is 0. The highest BCUT2D eigenvalue weighted by Gasteiger charge is 2.16. The third-order valence-electron chi connectivity index (χ3n) is 8.30. The Labute approximate surface area is 237 Å². The second kappa shape index (κ2) is 23.3. The lowest BCUT2D eigenvalue weighted by atomic mass is 10.0. The number of nitrogens with zero attached hydrogens (tertiary/aromatic N) is 2. The Bertz CT molecular complexity index is 763. The van der Waals surface area contributed by atoms with Crippen LogP contribution in [0.4, 0.5) is 0 Å². The van der Waals surface area contributed by atoms with Crippen molar-refractivity contribution in [2.24, 2.45) is 0 Å². The van der Waals surface area contributed by atoms with Crippen molar-refractivity contribution in [3.05, 3.63) is 54.1 Å². The quantitative estimate of drug-likeness (QED) is 0.0856. The SMILES string of the molecule is CCCCCCCCCCCCCCCn1cc[n+](CCCc2ccccc2)c1CCCCCCCCC. The minimum Gasteiger partial charge on any atom is -0.234 e. The summed E-state index contributed by atoms with van der Waals surface area (Å²) in [5.74, 6) is 1.57. The first-order chi connectivity index (χ1) is 18.8. The van der Waals surface area contributed by atoms with E-state index in [2.05, 4.69) is 65.7 Å². The van der Waals surface area contributed by atoms with Gasteiger partial charge in [0.15, 0.2) is 0 Å². The summed E-state index contributed by atoms with van der Waals surface area (Å²) in [5.41, 5.74) is 1.47. The average molecular weight is 524 g/mol. The largest absolute Gasteiger partial charge is 0.256 e. The molecule has 0 amide bonds. The molecule has 38 heavy (non-hydrogen) atoms. The van der Waals surface area contributed by atoms with Gasteiger partial charge in [0.25, 0.3) is 5.82 Å². The molecule has 0 atom stereocenters. The van der Waals surface area contributed by atoms with Gasteiger partial charge in [-0.1, -0.05) is 153 Å². The van der Waals surface area contributed by atoms with E-state index in [0.29, 0.717) is 0 Å². The molecule has 0 aliphatic carbocycles. The van der Waals surface area contributed by atoms with Gasteiger partial charge < -0.3 is 0 Å². The van der Waals surface area contributed by atoms with Crippen molar-refractivity contribution < 1.29 is 4.57 Å². The van der Waals surface area contributed by atoms with Crippen LogP contribution in [-0.4, -0.2) is 4.57 Å². The van der Waals surface area contributed by atoms with Gasteiger partial charge in [-0.25, -0.2) is 9.13 Å². The molecule has 1 heterocycles. The number of imidazole rings is 1. The van der Waals surface area contributed by atoms with Gasteiger partial charge >= 0.3 is 0 Å². The Balaban J connectivity index is 1.66. The highest BCUT2D eigenvalue weighted by molar-refractivity contribution is 5.14. The van der Waals surface area contributed by atoms with Crippen molar-refractivity contribution in [3.63, 3.8) is 0 Å². The van der Waals surface area contributed by atoms with Crippen molar-refractivity contribution in [1.82, 2.24) is 4.57 Å². The smallest absolute Gasteiger partial charge is 0.234 e. The molecule has 0 unspecified atom stereocenters. The van der Waals surface area contributed by atoms with E-state index in [1.165, 1.54) is 160 Å². The number of benzene rings is 1. The van der Waals surface area contributed by atoms with Crippen LogP contribution in [0.3, 0.4) is 0 Å². The van der Waals surface area contributed by atoms with Crippen molar-refractivity contribution in [2.75, 3.05) is 0 Å². The molecule has 0 saturated heterocycles. The average Bonchev–Trinajstić information content (AvgIpc) is 3.32. The minimum atomic E-state index is 1.15. The zero-order valence-electron chi connectivity index (χ0n) is 25.6. The van der Waals surface area contributed by atoms with E-state index in [-0.39, 0.29) is 0 Å². The minimum absolute atomic E-state index is 1.15. The summed E-state index contributed by atoms with van der Waals surface area (Å²) in [6.45, 7) is 6.96. The van der Waals surface area contributed by atoms with Gasteiger partial charge in [0, 0.05) is 6.42 Å². The first kappa shape index (κ1) is 32.6. The first-order valence-electron chi connectivity index (χ1n) is 17.0. The van der Waals surface area contributed by atoms with Crippen molar-refractivity contribution >= 4 is 0 Å². The van der Waals surface area contributed by atoms with E-state index < -0.39 is 0 Å². The Hall–Kier alpha value is -1.57. The second-order valence-electron chi connectivity index (χ2n) is 11.8. The molecule has 0 spiro atoms. The molecule has 0 radical (unpaired) electrons. The van der Waals surface area contributed by atoms with Gasteiger partial charge in [0.1, 0.15) is 12.4 Å². The summed E-state index contributed by atoms with van der Waals surface area (Å²) < 4.78 is 5.17. The lowest BCUT2D eigenvalue weighted by Crippen LogP contribution is -2.37. The van der Waals surface area contributed by atoms with Gasteiger partial charge in [-0.3, -0.25) is 0 Å². The zero-order valence-corrected chi connectivity index (χ0v) is 25.6. The molecule has 0 saturated carbocycles. The monoisotopic (exact) mass is 523 g/mol. The van der Waals surface area contributed by atoms with Crippen LogP contribution < -0.4 is 4.57 Å². The van der Waals surface area contributed by atoms with Crippen molar-refractivity contribution in [3.8, 4) is 0 Å². The molecule has 2 aromatic rings. The van der Waals surface area contributed by atoms with Gasteiger partial charge in [-0.05, 0) is 37.7 Å². The Morgan fingerprint density at radius 1 is 0.526 bits per heavy atom. The van der Waals surface area contributed by atoms with Crippen molar-refractivity contribution in [1.29, 1.82) is 0 Å². The van der Waals surface area contributed by atoms with E-state index in [0.717, 1.165) is 6.54 Å². The van der Waals surface area contributed by atoms with Crippen LogP contribution >= 0.6 is 0 Å². The van der Waals surface area contributed by atoms with Crippen LogP contribution in [0.2, 0.25) is 0 Å². The zero-order chi connectivity index (χ0) is 26.9. The molecule has 216 valence electrons. The van der Waals surface area contributed by atoms with Crippen LogP contribution in [0.1, 0.15) is 160 Å². The maximum atomic E-state index is 2.60. The normalized spacial score (nSPS) is 11.4. The number of aromatic nitrogens is 2. The fourth-order valence-corrected chi connectivity index (χ4v) is 5.83. The van der Waals surface area contributed by atoms with Crippen LogP contribution in [0, 0.1) is 0 Å². The van der Waals surface area contributed by atoms with Crippen LogP contribution in [0.5, 0.6) is 0 Å². The van der Waals surface area contributed by atoms with Crippen molar-refractivity contribution in [2.45, 2.75) is 175 Å². The maximum Gasteiger partial charge on any atom is 0.256 e. The molecule has 0 N–H and O–H groups in total. The van der Waals surface area contributed by atoms with E-state index in [1.54, 1.807) is 5.82 Å². The fraction of sp³-hybridized carbons (Fsp3) is 0.750. The highest BCUT2D eigenvalue weighted by atomic mass is 15.1. The van der Waals surface area contributed by atoms with E-state index >= 15 is 0 Å². The third-order valence-corrected chi connectivity index (χ3v) is 8.30. The van der Waals surface area contributed by atoms with Crippen LogP contribution in [0.15, 0.2) is 42.7 Å². The molecule has 2 nitrogen and oxygen atoms in total. The Kier molecular flexibility index (Phi) is 20.0. The van der Waals surface area contributed by atoms with Gasteiger partial charge in [0.05, 0.1) is 13.1 Å². The molecule has 0 aliphatic rings. The summed E-state index contributed by atoms with van der Waals surface area (Å²) in [4.78, 5) is 0. The maximum absolute atomic E-state index is 2.60. The second-order valence-corrected chi connectivity index (χ2v) is 11.8. The Morgan fingerprint density at radius 3 is 1.58 bits per heavy atom. The predicted octanol–water partition coefficient (Wildman–Crippen LogP) is 10.8. The molecule has 2 heteroatoms. The standard InChI is InChI=1S/C36H63N2/c1-3-5-7-9-11-12-13-14-15-16-18-20-25-31-37-33-34-38(32-26-29-35-27-22-21-23-28-35)36(37)30-24-19-17-10-8-6-4-2/h21-23,27-28,33-34H,3-20,24-26,29-32H2,1-2H3/q+1. The predicted molar refractivity (Wildman–Crippen MR) is 167 cm³/mol. The number of unbranched alkanes of at least 4 members (excludes halogenated alkanes) is 18. The lowest BCUT2D eigenvalue weighted by molar-refractivity contribution is -0.704. The topological polar surface area (TPSA) is 8.81 Å². The fourth-order valence-electron chi connectivity index (χ4n) is 5.83. The molecule has 1 aromatic carbocycles. The van der Waals surface area contributed by atoms with Crippen LogP contribution in [0.25, 0.3) is 0 Å². The van der Waals surface area contributed by atoms with E-state index in [1.807, 2.05) is 0 Å². The molecular weight excluding hydrogens is 460 g/mol. The van der Waals surface area contributed by atoms with Gasteiger partial charge in [-0.15, -0.1) is 0 Å². The van der Waals surface area contributed by atoms with E-state index in [4.69, 9.17) is 0 Å².